The third-order valence-corrected chi connectivity index (χ3v) is 2.55. The molecule has 4 heteroatoms. The highest BCUT2D eigenvalue weighted by atomic mass is 79.9. The van der Waals surface area contributed by atoms with Crippen LogP contribution in [0.1, 0.15) is 0 Å². The molecule has 0 aliphatic heterocycles. The van der Waals surface area contributed by atoms with Crippen molar-refractivity contribution in [2.75, 3.05) is 7.11 Å². The van der Waals surface area contributed by atoms with Gasteiger partial charge < -0.3 is 4.74 Å². The van der Waals surface area contributed by atoms with E-state index in [0.29, 0.717) is 9.37 Å². The number of rotatable bonds is 1. The van der Waals surface area contributed by atoms with Gasteiger partial charge in [-0.05, 0) is 28.1 Å². The van der Waals surface area contributed by atoms with Crippen molar-refractivity contribution >= 4 is 28.6 Å². The Morgan fingerprint density at radius 3 is 2.73 bits per heavy atom. The zero-order chi connectivity index (χ0) is 8.43. The van der Waals surface area contributed by atoms with Crippen molar-refractivity contribution in [1.82, 2.24) is 0 Å². The van der Waals surface area contributed by atoms with Gasteiger partial charge in [0.05, 0.1) is 7.11 Å². The fourth-order valence-electron chi connectivity index (χ4n) is 0.675. The molecule has 0 unspecified atom stereocenters. The van der Waals surface area contributed by atoms with Gasteiger partial charge in [0.25, 0.3) is 0 Å². The Hall–Kier alpha value is -0.220. The maximum atomic E-state index is 12.8. The maximum absolute atomic E-state index is 12.8. The summed E-state index contributed by atoms with van der Waals surface area (Å²) < 4.78 is 18.2. The van der Waals surface area contributed by atoms with Crippen LogP contribution in [-0.2, 0) is 0 Å². The van der Waals surface area contributed by atoms with Gasteiger partial charge in [0, 0.05) is 9.37 Å². The number of ether oxygens (including phenoxy) is 1. The van der Waals surface area contributed by atoms with E-state index >= 15 is 0 Å². The predicted octanol–water partition coefficient (Wildman–Crippen LogP) is 2.89. The Labute approximate surface area is 78.1 Å². The molecule has 0 radical (unpaired) electrons. The first-order chi connectivity index (χ1) is 5.15. The fraction of sp³-hybridized carbons (Fsp3) is 0.143. The molecule has 0 spiro atoms. The molecule has 1 aromatic rings. The van der Waals surface area contributed by atoms with E-state index in [4.69, 9.17) is 4.74 Å². The number of hydrogen-bond donors (Lipinski definition) is 1. The SMILES string of the molecule is COc1cc(S)c(Br)cc1F. The summed E-state index contributed by atoms with van der Waals surface area (Å²) in [4.78, 5) is 0.656. The van der Waals surface area contributed by atoms with E-state index in [1.165, 1.54) is 19.2 Å². The topological polar surface area (TPSA) is 9.23 Å². The first kappa shape index (κ1) is 8.87. The summed E-state index contributed by atoms with van der Waals surface area (Å²) in [5.41, 5.74) is 0. The van der Waals surface area contributed by atoms with E-state index in [1.54, 1.807) is 0 Å². The summed E-state index contributed by atoms with van der Waals surface area (Å²) in [5.74, 6) is -0.185. The predicted molar refractivity (Wildman–Crippen MR) is 47.9 cm³/mol. The van der Waals surface area contributed by atoms with Crippen molar-refractivity contribution in [2.45, 2.75) is 4.90 Å². The second-order valence-corrected chi connectivity index (χ2v) is 3.27. The maximum Gasteiger partial charge on any atom is 0.166 e. The van der Waals surface area contributed by atoms with Crippen LogP contribution in [0, 0.1) is 5.82 Å². The lowest BCUT2D eigenvalue weighted by Crippen LogP contribution is -1.87. The van der Waals surface area contributed by atoms with E-state index in [1.807, 2.05) is 0 Å². The van der Waals surface area contributed by atoms with Gasteiger partial charge in [-0.2, -0.15) is 0 Å². The molecule has 1 nitrogen and oxygen atoms in total. The Morgan fingerprint density at radius 2 is 2.18 bits per heavy atom. The van der Waals surface area contributed by atoms with Crippen molar-refractivity contribution in [2.24, 2.45) is 0 Å². The third-order valence-electron chi connectivity index (χ3n) is 1.22. The van der Waals surface area contributed by atoms with Crippen LogP contribution in [-0.4, -0.2) is 7.11 Å². The Balaban J connectivity index is 3.21. The molecular weight excluding hydrogens is 231 g/mol. The lowest BCUT2D eigenvalue weighted by molar-refractivity contribution is 0.385. The van der Waals surface area contributed by atoms with Crippen LogP contribution in [0.25, 0.3) is 0 Å². The van der Waals surface area contributed by atoms with Gasteiger partial charge in [-0.1, -0.05) is 0 Å². The van der Waals surface area contributed by atoms with Crippen molar-refractivity contribution < 1.29 is 9.13 Å². The number of benzene rings is 1. The lowest BCUT2D eigenvalue weighted by atomic mass is 10.3. The first-order valence-corrected chi connectivity index (χ1v) is 4.11. The van der Waals surface area contributed by atoms with Crippen LogP contribution < -0.4 is 4.74 Å². The summed E-state index contributed by atoms with van der Waals surface area (Å²) >= 11 is 7.21. The van der Waals surface area contributed by atoms with Crippen molar-refractivity contribution in [1.29, 1.82) is 0 Å². The molecule has 0 aromatic heterocycles. The van der Waals surface area contributed by atoms with Crippen molar-refractivity contribution in [3.8, 4) is 5.75 Å². The number of methoxy groups -OCH3 is 1. The highest BCUT2D eigenvalue weighted by Gasteiger charge is 2.05. The first-order valence-electron chi connectivity index (χ1n) is 2.87. The molecule has 0 saturated carbocycles. The van der Waals surface area contributed by atoms with Gasteiger partial charge in [0.2, 0.25) is 0 Å². The molecule has 0 bridgehead atoms. The molecule has 0 heterocycles. The summed E-state index contributed by atoms with van der Waals surface area (Å²) in [7, 11) is 1.42. The van der Waals surface area contributed by atoms with Gasteiger partial charge in [-0.25, -0.2) is 4.39 Å². The Kier molecular flexibility index (Phi) is 2.78. The molecule has 0 atom stereocenters. The van der Waals surface area contributed by atoms with Crippen molar-refractivity contribution in [3.05, 3.63) is 22.4 Å². The summed E-state index contributed by atoms with van der Waals surface area (Å²) in [5, 5.41) is 0. The van der Waals surface area contributed by atoms with Crippen LogP contribution in [0.5, 0.6) is 5.75 Å². The molecular formula is C7H6BrFOS. The normalized spacial score (nSPS) is 9.82. The van der Waals surface area contributed by atoms with Gasteiger partial charge in [-0.3, -0.25) is 0 Å². The molecule has 0 N–H and O–H groups in total. The van der Waals surface area contributed by atoms with Crippen LogP contribution in [0.3, 0.4) is 0 Å². The molecule has 1 aromatic carbocycles. The number of thiol groups is 1. The minimum atomic E-state index is -0.392. The number of halogens is 2. The van der Waals surface area contributed by atoms with E-state index in [9.17, 15) is 4.39 Å². The third kappa shape index (κ3) is 1.87. The standard InChI is InChI=1S/C7H6BrFOS/c1-10-6-3-7(11)4(8)2-5(6)9/h2-3,11H,1H3. The smallest absolute Gasteiger partial charge is 0.166 e. The number of hydrogen-bond acceptors (Lipinski definition) is 2. The average molecular weight is 237 g/mol. The lowest BCUT2D eigenvalue weighted by Gasteiger charge is -2.03. The minimum absolute atomic E-state index is 0.207. The van der Waals surface area contributed by atoms with Gasteiger partial charge >= 0.3 is 0 Å². The summed E-state index contributed by atoms with van der Waals surface area (Å²) in [6.45, 7) is 0. The van der Waals surface area contributed by atoms with Gasteiger partial charge in [0.15, 0.2) is 11.6 Å². The molecule has 0 aliphatic rings. The minimum Gasteiger partial charge on any atom is -0.494 e. The van der Waals surface area contributed by atoms with E-state index in [2.05, 4.69) is 28.6 Å². The Bertz CT molecular complexity index is 277. The molecule has 11 heavy (non-hydrogen) atoms. The van der Waals surface area contributed by atoms with Gasteiger partial charge in [-0.15, -0.1) is 12.6 Å². The quantitative estimate of drug-likeness (QED) is 0.739. The van der Waals surface area contributed by atoms with Crippen LogP contribution in [0.2, 0.25) is 0 Å². The second-order valence-electron chi connectivity index (χ2n) is 1.94. The molecule has 0 saturated heterocycles. The molecule has 0 aliphatic carbocycles. The largest absolute Gasteiger partial charge is 0.494 e. The second kappa shape index (κ2) is 3.45. The van der Waals surface area contributed by atoms with Crippen LogP contribution in [0.4, 0.5) is 4.39 Å². The summed E-state index contributed by atoms with van der Waals surface area (Å²) in [6.07, 6.45) is 0. The fourth-order valence-corrected chi connectivity index (χ4v) is 1.17. The van der Waals surface area contributed by atoms with E-state index in [0.717, 1.165) is 0 Å². The Morgan fingerprint density at radius 1 is 1.55 bits per heavy atom. The molecule has 1 rings (SSSR count). The van der Waals surface area contributed by atoms with E-state index in [-0.39, 0.29) is 5.75 Å². The highest BCUT2D eigenvalue weighted by Crippen LogP contribution is 2.28. The van der Waals surface area contributed by atoms with Gasteiger partial charge in [0.1, 0.15) is 0 Å². The summed E-state index contributed by atoms with van der Waals surface area (Å²) in [6, 6.07) is 2.84. The zero-order valence-electron chi connectivity index (χ0n) is 5.77. The average Bonchev–Trinajstić information content (AvgIpc) is 1.97. The van der Waals surface area contributed by atoms with Crippen LogP contribution >= 0.6 is 28.6 Å². The zero-order valence-corrected chi connectivity index (χ0v) is 8.25. The molecule has 60 valence electrons. The highest BCUT2D eigenvalue weighted by molar-refractivity contribution is 9.10. The van der Waals surface area contributed by atoms with E-state index < -0.39 is 5.82 Å². The van der Waals surface area contributed by atoms with Crippen LogP contribution in [0.15, 0.2) is 21.5 Å². The molecule has 0 amide bonds. The molecule has 0 fully saturated rings. The monoisotopic (exact) mass is 236 g/mol. The van der Waals surface area contributed by atoms with Crippen molar-refractivity contribution in [3.63, 3.8) is 0 Å².